The van der Waals surface area contributed by atoms with Gasteiger partial charge in [0.2, 0.25) is 0 Å². The van der Waals surface area contributed by atoms with Crippen molar-refractivity contribution in [3.8, 4) is 0 Å². The van der Waals surface area contributed by atoms with E-state index in [-0.39, 0.29) is 16.5 Å². The summed E-state index contributed by atoms with van der Waals surface area (Å²) in [6, 6.07) is 5.25. The van der Waals surface area contributed by atoms with E-state index in [1.54, 1.807) is 27.8 Å². The van der Waals surface area contributed by atoms with Gasteiger partial charge >= 0.3 is 6.09 Å². The van der Waals surface area contributed by atoms with Crippen molar-refractivity contribution in [2.45, 2.75) is 38.1 Å². The fourth-order valence-corrected chi connectivity index (χ4v) is 3.68. The molecular weight excluding hydrogens is 448 g/mol. The molecule has 1 aromatic carbocycles. The van der Waals surface area contributed by atoms with Gasteiger partial charge in [0.1, 0.15) is 11.4 Å². The number of rotatable bonds is 2. The van der Waals surface area contributed by atoms with Crippen LogP contribution >= 0.6 is 27.5 Å². The Morgan fingerprint density at radius 1 is 1.25 bits per heavy atom. The van der Waals surface area contributed by atoms with Gasteiger partial charge in [-0.2, -0.15) is 0 Å². The van der Waals surface area contributed by atoms with Crippen molar-refractivity contribution >= 4 is 44.5 Å². The highest BCUT2D eigenvalue weighted by molar-refractivity contribution is 9.09. The Bertz CT molecular complexity index is 947. The zero-order valence-electron chi connectivity index (χ0n) is 16.4. The Kier molecular flexibility index (Phi) is 5.91. The van der Waals surface area contributed by atoms with E-state index in [1.165, 1.54) is 0 Å². The zero-order chi connectivity index (χ0) is 20.6. The van der Waals surface area contributed by atoms with Crippen LogP contribution < -0.4 is 10.6 Å². The van der Waals surface area contributed by atoms with Crippen LogP contribution in [0.2, 0.25) is 5.02 Å². The van der Waals surface area contributed by atoms with Crippen molar-refractivity contribution < 1.29 is 9.53 Å². The highest BCUT2D eigenvalue weighted by Crippen LogP contribution is 2.24. The Balaban J connectivity index is 1.91. The largest absolute Gasteiger partial charge is 0.444 e. The Morgan fingerprint density at radius 3 is 2.46 bits per heavy atom. The molecule has 152 valence electrons. The summed E-state index contributed by atoms with van der Waals surface area (Å²) in [5, 5.41) is 2.69. The number of aromatic nitrogens is 2. The molecule has 0 bridgehead atoms. The number of carbonyl (C=O) groups excluding carboxylic acids is 1. The van der Waals surface area contributed by atoms with Crippen LogP contribution in [0.3, 0.4) is 0 Å². The van der Waals surface area contributed by atoms with Gasteiger partial charge in [0.05, 0.1) is 33.8 Å². The third kappa shape index (κ3) is 4.27. The van der Waals surface area contributed by atoms with Crippen molar-refractivity contribution in [3.05, 3.63) is 39.4 Å². The van der Waals surface area contributed by atoms with Crippen molar-refractivity contribution in [1.29, 1.82) is 0 Å². The molecule has 1 aliphatic rings. The van der Waals surface area contributed by atoms with E-state index in [9.17, 15) is 9.59 Å². The Hall–Kier alpha value is -1.80. The molecule has 1 atom stereocenters. The first kappa shape index (κ1) is 20.9. The van der Waals surface area contributed by atoms with Gasteiger partial charge in [0.15, 0.2) is 0 Å². The summed E-state index contributed by atoms with van der Waals surface area (Å²) in [5.41, 5.74) is -0.173. The summed E-state index contributed by atoms with van der Waals surface area (Å²) < 4.78 is 7.02. The lowest BCUT2D eigenvalue weighted by molar-refractivity contribution is 0.0231. The summed E-state index contributed by atoms with van der Waals surface area (Å²) in [7, 11) is 0. The summed E-state index contributed by atoms with van der Waals surface area (Å²) in [5.74, 6) is 0.602. The summed E-state index contributed by atoms with van der Waals surface area (Å²) in [4.78, 5) is 31.7. The van der Waals surface area contributed by atoms with Gasteiger partial charge < -0.3 is 14.6 Å². The predicted molar refractivity (Wildman–Crippen MR) is 114 cm³/mol. The van der Waals surface area contributed by atoms with Gasteiger partial charge in [-0.25, -0.2) is 14.5 Å². The number of piperazine rings is 1. The number of halogens is 2. The van der Waals surface area contributed by atoms with Crippen molar-refractivity contribution in [3.63, 3.8) is 0 Å². The lowest BCUT2D eigenvalue weighted by Gasteiger charge is -2.38. The smallest absolute Gasteiger partial charge is 0.410 e. The van der Waals surface area contributed by atoms with E-state index in [0.717, 1.165) is 0 Å². The first-order valence-corrected chi connectivity index (χ1v) is 10.5. The summed E-state index contributed by atoms with van der Waals surface area (Å²) in [6.45, 7) is 9.34. The number of hydrogen-bond acceptors (Lipinski definition) is 5. The molecule has 2 aromatic rings. The number of alkyl halides is 1. The van der Waals surface area contributed by atoms with Crippen molar-refractivity contribution in [1.82, 2.24) is 14.6 Å². The molecule has 1 fully saturated rings. The molecule has 28 heavy (non-hydrogen) atoms. The average molecular weight is 472 g/mol. The number of hydrogen-bond donors (Lipinski definition) is 0. The van der Waals surface area contributed by atoms with Gasteiger partial charge in [-0.05, 0) is 39.8 Å². The monoisotopic (exact) mass is 470 g/mol. The standard InChI is InChI=1S/C19H24BrClN4O3/c1-12(20)16-22-14-7-5-6-13(21)15(14)17(26)25(16)24-10-8-23(9-11-24)18(27)28-19(2,3)4/h5-7,12H,8-11H2,1-4H3. The van der Waals surface area contributed by atoms with E-state index in [1.807, 2.05) is 32.7 Å². The zero-order valence-corrected chi connectivity index (χ0v) is 18.7. The number of fused-ring (bicyclic) bond motifs is 1. The fourth-order valence-electron chi connectivity index (χ4n) is 3.13. The highest BCUT2D eigenvalue weighted by Gasteiger charge is 2.28. The lowest BCUT2D eigenvalue weighted by atomic mass is 10.2. The van der Waals surface area contributed by atoms with Crippen LogP contribution in [0.5, 0.6) is 0 Å². The molecule has 7 nitrogen and oxygen atoms in total. The molecule has 2 heterocycles. The maximum absolute atomic E-state index is 13.2. The number of nitrogens with zero attached hydrogens (tertiary/aromatic N) is 4. The first-order chi connectivity index (χ1) is 13.1. The topological polar surface area (TPSA) is 67.7 Å². The Labute approximate surface area is 177 Å². The van der Waals surface area contributed by atoms with Crippen LogP contribution in [0.15, 0.2) is 23.0 Å². The van der Waals surface area contributed by atoms with E-state index >= 15 is 0 Å². The van der Waals surface area contributed by atoms with Gasteiger partial charge in [-0.15, -0.1) is 0 Å². The third-order valence-electron chi connectivity index (χ3n) is 4.40. The molecule has 1 aliphatic heterocycles. The average Bonchev–Trinajstić information content (AvgIpc) is 2.60. The van der Waals surface area contributed by atoms with Crippen LogP contribution in [-0.2, 0) is 4.74 Å². The molecule has 3 rings (SSSR count). The van der Waals surface area contributed by atoms with E-state index in [4.69, 9.17) is 16.3 Å². The van der Waals surface area contributed by atoms with Gasteiger partial charge in [0.25, 0.3) is 5.56 Å². The van der Waals surface area contributed by atoms with E-state index in [2.05, 4.69) is 20.9 Å². The quantitative estimate of drug-likeness (QED) is 0.625. The van der Waals surface area contributed by atoms with Crippen LogP contribution in [0.1, 0.15) is 38.3 Å². The van der Waals surface area contributed by atoms with Gasteiger partial charge in [-0.3, -0.25) is 4.79 Å². The molecular formula is C19H24BrClN4O3. The van der Waals surface area contributed by atoms with Crippen molar-refractivity contribution in [2.24, 2.45) is 0 Å². The fraction of sp³-hybridized carbons (Fsp3) is 0.526. The van der Waals surface area contributed by atoms with Crippen LogP contribution in [0, 0.1) is 0 Å². The van der Waals surface area contributed by atoms with Crippen LogP contribution in [0.25, 0.3) is 10.9 Å². The summed E-state index contributed by atoms with van der Waals surface area (Å²) in [6.07, 6.45) is -0.340. The molecule has 1 aromatic heterocycles. The van der Waals surface area contributed by atoms with E-state index < -0.39 is 5.60 Å². The minimum Gasteiger partial charge on any atom is -0.444 e. The van der Waals surface area contributed by atoms with E-state index in [0.29, 0.717) is 47.9 Å². The second kappa shape index (κ2) is 7.91. The number of benzene rings is 1. The SMILES string of the molecule is CC(Br)c1nc2cccc(Cl)c2c(=O)n1N1CCN(C(=O)OC(C)(C)C)CC1. The number of carbonyl (C=O) groups is 1. The molecule has 0 aliphatic carbocycles. The molecule has 0 N–H and O–H groups in total. The predicted octanol–water partition coefficient (Wildman–Crippen LogP) is 3.69. The minimum absolute atomic E-state index is 0.132. The van der Waals surface area contributed by atoms with Gasteiger partial charge in [0, 0.05) is 13.1 Å². The molecule has 1 amide bonds. The Morgan fingerprint density at radius 2 is 1.89 bits per heavy atom. The second-order valence-electron chi connectivity index (χ2n) is 7.76. The van der Waals surface area contributed by atoms with Crippen LogP contribution in [0.4, 0.5) is 4.79 Å². The number of amides is 1. The second-order valence-corrected chi connectivity index (χ2v) is 9.54. The van der Waals surface area contributed by atoms with Gasteiger partial charge in [-0.1, -0.05) is 33.6 Å². The maximum Gasteiger partial charge on any atom is 0.410 e. The molecule has 0 radical (unpaired) electrons. The molecule has 1 saturated heterocycles. The van der Waals surface area contributed by atoms with Crippen LogP contribution in [-0.4, -0.2) is 52.4 Å². The molecule has 0 spiro atoms. The third-order valence-corrected chi connectivity index (χ3v) is 5.12. The summed E-state index contributed by atoms with van der Waals surface area (Å²) >= 11 is 9.82. The lowest BCUT2D eigenvalue weighted by Crippen LogP contribution is -2.56. The maximum atomic E-state index is 13.2. The molecule has 9 heteroatoms. The molecule has 0 saturated carbocycles. The first-order valence-electron chi connectivity index (χ1n) is 9.17. The number of ether oxygens (including phenoxy) is 1. The highest BCUT2D eigenvalue weighted by atomic mass is 79.9. The molecule has 1 unspecified atom stereocenters. The minimum atomic E-state index is -0.539. The van der Waals surface area contributed by atoms with Crippen molar-refractivity contribution in [2.75, 3.05) is 31.2 Å². The normalized spacial score (nSPS) is 16.4.